The highest BCUT2D eigenvalue weighted by molar-refractivity contribution is 6.29. The molecule has 13 rings (SSSR count). The van der Waals surface area contributed by atoms with Crippen molar-refractivity contribution in [3.63, 3.8) is 0 Å². The van der Waals surface area contributed by atoms with Gasteiger partial charge in [0, 0.05) is 45.1 Å². The van der Waals surface area contributed by atoms with E-state index in [0.29, 0.717) is 0 Å². The van der Waals surface area contributed by atoms with Crippen molar-refractivity contribution in [2.45, 2.75) is 6.92 Å². The topological polar surface area (TPSA) is 43.6 Å². The van der Waals surface area contributed by atoms with Crippen molar-refractivity contribution in [3.05, 3.63) is 218 Å². The molecule has 0 radical (unpaired) electrons. The van der Waals surface area contributed by atoms with Gasteiger partial charge in [0.1, 0.15) is 0 Å². The number of hydrogen-bond acceptors (Lipinski definition) is 3. The number of aromatic nitrogens is 4. The number of fused-ring (bicyclic) bond motifs is 11. The van der Waals surface area contributed by atoms with Crippen molar-refractivity contribution >= 4 is 75.9 Å². The van der Waals surface area contributed by atoms with E-state index >= 15 is 0 Å². The number of nitrogens with zero attached hydrogens (tertiary/aromatic N) is 4. The van der Waals surface area contributed by atoms with Crippen LogP contribution in [0.25, 0.3) is 126 Å². The van der Waals surface area contributed by atoms with Crippen molar-refractivity contribution in [1.29, 1.82) is 0 Å². The van der Waals surface area contributed by atoms with Gasteiger partial charge in [0.15, 0.2) is 0 Å². The van der Waals surface area contributed by atoms with Crippen molar-refractivity contribution in [3.8, 4) is 50.5 Å². The van der Waals surface area contributed by atoms with Gasteiger partial charge in [-0.1, -0.05) is 151 Å². The van der Waals surface area contributed by atoms with Crippen molar-refractivity contribution in [2.75, 3.05) is 0 Å². The molecule has 4 aromatic heterocycles. The number of rotatable bonds is 5. The summed E-state index contributed by atoms with van der Waals surface area (Å²) >= 11 is 0. The predicted molar refractivity (Wildman–Crippen MR) is 268 cm³/mol. The molecule has 13 aromatic rings. The Morgan fingerprint density at radius 2 is 0.859 bits per heavy atom. The Morgan fingerprint density at radius 3 is 1.53 bits per heavy atom. The Hall–Kier alpha value is -8.47. The summed E-state index contributed by atoms with van der Waals surface area (Å²) in [7, 11) is 0. The molecule has 9 aromatic carbocycles. The van der Waals surface area contributed by atoms with Gasteiger partial charge in [0.2, 0.25) is 0 Å². The Kier molecular flexibility index (Phi) is 8.09. The van der Waals surface area contributed by atoms with Crippen LogP contribution in [-0.2, 0) is 0 Å². The highest BCUT2D eigenvalue weighted by Gasteiger charge is 2.21. The monoisotopic (exact) mass is 814 g/mol. The van der Waals surface area contributed by atoms with Gasteiger partial charge < -0.3 is 4.57 Å². The fourth-order valence-corrected chi connectivity index (χ4v) is 10.0. The molecule has 0 aliphatic rings. The molecular weight excluding hydrogens is 777 g/mol. The SMILES string of the molecule is Cc1ccc(-c2ccc3c(c2)c2ccccc2c2cc4c(cc32)c2cc(-c3ccccc3)ccc2n4-c2cc(-c3cccc4cccnc34)nc(-c3cccc4cccnc34)c2)cc1. The molecule has 0 unspecified atom stereocenters. The van der Waals surface area contributed by atoms with Gasteiger partial charge in [-0.15, -0.1) is 0 Å². The first kappa shape index (κ1) is 36.2. The molecule has 0 bridgehead atoms. The molecule has 0 aliphatic carbocycles. The highest BCUT2D eigenvalue weighted by atomic mass is 15.0. The van der Waals surface area contributed by atoms with E-state index < -0.39 is 0 Å². The lowest BCUT2D eigenvalue weighted by molar-refractivity contribution is 1.16. The van der Waals surface area contributed by atoms with Gasteiger partial charge in [-0.25, -0.2) is 4.98 Å². The number of pyridine rings is 3. The van der Waals surface area contributed by atoms with Gasteiger partial charge in [-0.3, -0.25) is 9.97 Å². The standard InChI is InChI=1S/C60H38N4/c1-37-21-23-39(24-22-37)42-25-27-47-50(31-42)45-17-5-6-18-46(45)52-36-58-54(35-51(47)52)53-32-43(38-11-3-2-4-12-38)26-28-57(53)64(58)44-33-55(48-19-7-13-40-15-9-29-61-59(40)48)63-56(34-44)49-20-8-14-41-16-10-30-62-60(41)49/h2-36H,1H3. The molecule has 4 nitrogen and oxygen atoms in total. The van der Waals surface area contributed by atoms with E-state index in [1.165, 1.54) is 70.9 Å². The Bertz CT molecular complexity index is 3910. The molecule has 0 fully saturated rings. The minimum Gasteiger partial charge on any atom is -0.309 e. The van der Waals surface area contributed by atoms with Crippen LogP contribution in [0.15, 0.2) is 213 Å². The average Bonchev–Trinajstić information content (AvgIpc) is 3.68. The lowest BCUT2D eigenvalue weighted by Crippen LogP contribution is -1.99. The van der Waals surface area contributed by atoms with Crippen LogP contribution in [0.5, 0.6) is 0 Å². The van der Waals surface area contributed by atoms with Crippen LogP contribution in [-0.4, -0.2) is 19.5 Å². The van der Waals surface area contributed by atoms with Gasteiger partial charge in [0.25, 0.3) is 0 Å². The molecule has 0 N–H and O–H groups in total. The van der Waals surface area contributed by atoms with E-state index in [2.05, 4.69) is 200 Å². The number of benzene rings is 9. The molecular formula is C60H38N4. The maximum Gasteiger partial charge on any atom is 0.0795 e. The number of aryl methyl sites for hydroxylation is 1. The third-order valence-corrected chi connectivity index (χ3v) is 13.1. The van der Waals surface area contributed by atoms with Crippen LogP contribution in [0.3, 0.4) is 0 Å². The minimum absolute atomic E-state index is 0.849. The van der Waals surface area contributed by atoms with Crippen molar-refractivity contribution in [2.24, 2.45) is 0 Å². The van der Waals surface area contributed by atoms with Crippen LogP contribution < -0.4 is 0 Å². The predicted octanol–water partition coefficient (Wildman–Crippen LogP) is 15.7. The second-order valence-corrected chi connectivity index (χ2v) is 16.9. The van der Waals surface area contributed by atoms with Crippen LogP contribution in [0.1, 0.15) is 5.56 Å². The minimum atomic E-state index is 0.849. The maximum atomic E-state index is 5.46. The molecule has 0 amide bonds. The summed E-state index contributed by atoms with van der Waals surface area (Å²) < 4.78 is 2.45. The number of hydrogen-bond donors (Lipinski definition) is 0. The van der Waals surface area contributed by atoms with Crippen LogP contribution in [0, 0.1) is 6.92 Å². The van der Waals surface area contributed by atoms with Gasteiger partial charge in [-0.2, -0.15) is 0 Å². The van der Waals surface area contributed by atoms with Gasteiger partial charge >= 0.3 is 0 Å². The van der Waals surface area contributed by atoms with Gasteiger partial charge in [-0.05, 0) is 116 Å². The first-order chi connectivity index (χ1) is 31.6. The lowest BCUT2D eigenvalue weighted by atomic mass is 9.91. The smallest absolute Gasteiger partial charge is 0.0795 e. The molecule has 0 atom stereocenters. The van der Waals surface area contributed by atoms with E-state index in [4.69, 9.17) is 15.0 Å². The maximum absolute atomic E-state index is 5.46. The lowest BCUT2D eigenvalue weighted by Gasteiger charge is -2.16. The highest BCUT2D eigenvalue weighted by Crippen LogP contribution is 2.44. The summed E-state index contributed by atoms with van der Waals surface area (Å²) in [5, 5.41) is 12.0. The van der Waals surface area contributed by atoms with E-state index in [-0.39, 0.29) is 0 Å². The van der Waals surface area contributed by atoms with E-state index in [9.17, 15) is 0 Å². The normalized spacial score (nSPS) is 11.8. The fourth-order valence-electron chi connectivity index (χ4n) is 10.0. The summed E-state index contributed by atoms with van der Waals surface area (Å²) in [6.07, 6.45) is 3.73. The zero-order valence-corrected chi connectivity index (χ0v) is 35.0. The molecule has 0 spiro atoms. The third kappa shape index (κ3) is 5.73. The third-order valence-electron chi connectivity index (χ3n) is 13.1. The molecule has 298 valence electrons. The zero-order valence-electron chi connectivity index (χ0n) is 35.0. The van der Waals surface area contributed by atoms with Crippen LogP contribution in [0.2, 0.25) is 0 Å². The van der Waals surface area contributed by atoms with Crippen molar-refractivity contribution in [1.82, 2.24) is 19.5 Å². The van der Waals surface area contributed by atoms with Crippen molar-refractivity contribution < 1.29 is 0 Å². The Balaban J connectivity index is 1.15. The summed E-state index contributed by atoms with van der Waals surface area (Å²) in [6, 6.07) is 72.6. The Labute approximate surface area is 369 Å². The number of para-hydroxylation sites is 2. The molecule has 4 heteroatoms. The summed E-state index contributed by atoms with van der Waals surface area (Å²) in [4.78, 5) is 15.3. The first-order valence-corrected chi connectivity index (χ1v) is 21.8. The van der Waals surface area contributed by atoms with E-state index in [1.54, 1.807) is 0 Å². The zero-order chi connectivity index (χ0) is 42.3. The average molecular weight is 815 g/mol. The van der Waals surface area contributed by atoms with E-state index in [1.807, 2.05) is 24.5 Å². The summed E-state index contributed by atoms with van der Waals surface area (Å²) in [6.45, 7) is 2.14. The van der Waals surface area contributed by atoms with Gasteiger partial charge in [0.05, 0.1) is 39.1 Å². The summed E-state index contributed by atoms with van der Waals surface area (Å²) in [5.41, 5.74) is 14.8. The fraction of sp³-hybridized carbons (Fsp3) is 0.0167. The van der Waals surface area contributed by atoms with Crippen LogP contribution >= 0.6 is 0 Å². The molecule has 0 saturated heterocycles. The van der Waals surface area contributed by atoms with Crippen LogP contribution in [0.4, 0.5) is 0 Å². The first-order valence-electron chi connectivity index (χ1n) is 21.8. The van der Waals surface area contributed by atoms with E-state index in [0.717, 1.165) is 61.0 Å². The quantitative estimate of drug-likeness (QED) is 0.163. The molecule has 0 saturated carbocycles. The largest absolute Gasteiger partial charge is 0.309 e. The summed E-state index contributed by atoms with van der Waals surface area (Å²) in [5.74, 6) is 0. The molecule has 64 heavy (non-hydrogen) atoms. The second kappa shape index (κ2) is 14.3. The Morgan fingerprint density at radius 1 is 0.344 bits per heavy atom. The molecule has 0 aliphatic heterocycles. The second-order valence-electron chi connectivity index (χ2n) is 16.9. The molecule has 4 heterocycles.